The van der Waals surface area contributed by atoms with Crippen molar-refractivity contribution in [1.82, 2.24) is 9.80 Å². The second-order valence-electron chi connectivity index (χ2n) is 6.70. The first-order valence-electron chi connectivity index (χ1n) is 9.24. The third-order valence-electron chi connectivity index (χ3n) is 4.83. The number of aliphatic hydroxyl groups excluding tert-OH is 1. The predicted octanol–water partition coefficient (Wildman–Crippen LogP) is 2.31. The normalized spacial score (nSPS) is 18.6. The van der Waals surface area contributed by atoms with Gasteiger partial charge in [0.15, 0.2) is 0 Å². The molecule has 3 rings (SSSR count). The molecule has 2 aromatic carbocycles. The van der Waals surface area contributed by atoms with Crippen molar-refractivity contribution in [2.75, 3.05) is 26.2 Å². The molecule has 6 heteroatoms. The van der Waals surface area contributed by atoms with Gasteiger partial charge in [-0.05, 0) is 17.5 Å². The van der Waals surface area contributed by atoms with E-state index in [9.17, 15) is 15.0 Å². The first-order chi connectivity index (χ1) is 13.1. The Bertz CT molecular complexity index is 711. The molecule has 2 N–H and O–H groups in total. The molecule has 2 aromatic rings. The van der Waals surface area contributed by atoms with Crippen LogP contribution in [0.15, 0.2) is 60.7 Å². The van der Waals surface area contributed by atoms with Crippen molar-refractivity contribution in [2.45, 2.75) is 25.5 Å². The maximum absolute atomic E-state index is 11.9. The average molecular weight is 370 g/mol. The molecule has 2 atom stereocenters. The van der Waals surface area contributed by atoms with Gasteiger partial charge in [-0.25, -0.2) is 0 Å². The topological polar surface area (TPSA) is 73.2 Å². The minimum Gasteiger partial charge on any atom is -0.480 e. The van der Waals surface area contributed by atoms with E-state index in [2.05, 4.69) is 0 Å². The molecule has 27 heavy (non-hydrogen) atoms. The van der Waals surface area contributed by atoms with Gasteiger partial charge < -0.3 is 14.9 Å². The Labute approximate surface area is 159 Å². The molecule has 1 aliphatic heterocycles. The summed E-state index contributed by atoms with van der Waals surface area (Å²) in [7, 11) is 0. The molecule has 2 unspecified atom stereocenters. The van der Waals surface area contributed by atoms with Gasteiger partial charge in [0, 0.05) is 26.2 Å². The summed E-state index contributed by atoms with van der Waals surface area (Å²) in [6.45, 7) is 2.76. The van der Waals surface area contributed by atoms with Crippen LogP contribution < -0.4 is 0 Å². The number of nitrogens with zero attached hydrogens (tertiary/aromatic N) is 2. The number of hydrogen-bond acceptors (Lipinski definition) is 5. The van der Waals surface area contributed by atoms with Crippen LogP contribution in [0.3, 0.4) is 0 Å². The number of hydrogen-bond donors (Lipinski definition) is 2. The first-order valence-corrected chi connectivity index (χ1v) is 9.24. The summed E-state index contributed by atoms with van der Waals surface area (Å²) in [6.07, 6.45) is -0.229. The van der Waals surface area contributed by atoms with E-state index < -0.39 is 18.4 Å². The van der Waals surface area contributed by atoms with Crippen molar-refractivity contribution >= 4 is 5.97 Å². The molecule has 0 saturated carbocycles. The van der Waals surface area contributed by atoms with E-state index in [4.69, 9.17) is 4.74 Å². The molecule has 1 fully saturated rings. The molecule has 1 heterocycles. The Balaban J connectivity index is 1.58. The van der Waals surface area contributed by atoms with Crippen LogP contribution in [0, 0.1) is 0 Å². The number of carbonyl (C=O) groups is 1. The predicted molar refractivity (Wildman–Crippen MR) is 102 cm³/mol. The van der Waals surface area contributed by atoms with Crippen LogP contribution in [-0.2, 0) is 16.1 Å². The van der Waals surface area contributed by atoms with Gasteiger partial charge in [-0.15, -0.1) is 0 Å². The van der Waals surface area contributed by atoms with Crippen LogP contribution in [0.25, 0.3) is 0 Å². The second-order valence-corrected chi connectivity index (χ2v) is 6.70. The zero-order chi connectivity index (χ0) is 19.1. The Morgan fingerprint density at radius 3 is 2.19 bits per heavy atom. The van der Waals surface area contributed by atoms with Crippen molar-refractivity contribution in [3.63, 3.8) is 0 Å². The summed E-state index contributed by atoms with van der Waals surface area (Å²) < 4.78 is 5.60. The molecule has 0 bridgehead atoms. The summed E-state index contributed by atoms with van der Waals surface area (Å²) in [6, 6.07) is 18.3. The van der Waals surface area contributed by atoms with Gasteiger partial charge in [-0.3, -0.25) is 14.6 Å². The fourth-order valence-corrected chi connectivity index (χ4v) is 3.43. The second kappa shape index (κ2) is 9.62. The zero-order valence-corrected chi connectivity index (χ0v) is 15.3. The van der Waals surface area contributed by atoms with E-state index >= 15 is 0 Å². The molecule has 0 aliphatic carbocycles. The van der Waals surface area contributed by atoms with Crippen molar-refractivity contribution in [3.8, 4) is 0 Å². The van der Waals surface area contributed by atoms with Crippen LogP contribution in [0.2, 0.25) is 0 Å². The van der Waals surface area contributed by atoms with Gasteiger partial charge in [-0.1, -0.05) is 60.7 Å². The largest absolute Gasteiger partial charge is 0.480 e. The first kappa shape index (κ1) is 19.5. The molecule has 0 radical (unpaired) electrons. The van der Waals surface area contributed by atoms with Crippen molar-refractivity contribution in [1.29, 1.82) is 0 Å². The van der Waals surface area contributed by atoms with Gasteiger partial charge in [-0.2, -0.15) is 0 Å². The lowest BCUT2D eigenvalue weighted by atomic mass is 10.1. The summed E-state index contributed by atoms with van der Waals surface area (Å²) in [5.41, 5.74) is 1.78. The molecule has 1 saturated heterocycles. The van der Waals surface area contributed by atoms with Crippen LogP contribution in [-0.4, -0.2) is 58.6 Å². The fraction of sp³-hybridized carbons (Fsp3) is 0.381. The van der Waals surface area contributed by atoms with Crippen LogP contribution in [0.5, 0.6) is 0 Å². The molecular formula is C21H26N2O4. The quantitative estimate of drug-likeness (QED) is 0.729. The number of benzene rings is 2. The Morgan fingerprint density at radius 2 is 1.52 bits per heavy atom. The number of aliphatic hydroxyl groups is 1. The zero-order valence-electron chi connectivity index (χ0n) is 15.3. The fourth-order valence-electron chi connectivity index (χ4n) is 3.43. The van der Waals surface area contributed by atoms with E-state index in [1.165, 1.54) is 0 Å². The van der Waals surface area contributed by atoms with Gasteiger partial charge in [0.05, 0.1) is 6.61 Å². The highest BCUT2D eigenvalue weighted by atomic mass is 16.6. The summed E-state index contributed by atoms with van der Waals surface area (Å²) in [5, 5.41) is 20.1. The van der Waals surface area contributed by atoms with Crippen molar-refractivity contribution < 1.29 is 19.7 Å². The molecule has 0 spiro atoms. The van der Waals surface area contributed by atoms with Crippen LogP contribution >= 0.6 is 0 Å². The minimum absolute atomic E-state index is 0.337. The number of carboxylic acids is 1. The van der Waals surface area contributed by atoms with Gasteiger partial charge >= 0.3 is 5.97 Å². The smallest absolute Gasteiger partial charge is 0.325 e. The lowest BCUT2D eigenvalue weighted by Crippen LogP contribution is -2.41. The van der Waals surface area contributed by atoms with E-state index in [1.54, 1.807) is 0 Å². The average Bonchev–Trinajstić information content (AvgIpc) is 2.94. The monoisotopic (exact) mass is 370 g/mol. The van der Waals surface area contributed by atoms with E-state index in [0.717, 1.165) is 17.5 Å². The highest BCUT2D eigenvalue weighted by Gasteiger charge is 2.30. The van der Waals surface area contributed by atoms with Gasteiger partial charge in [0.1, 0.15) is 6.04 Å². The molecule has 0 aromatic heterocycles. The highest BCUT2D eigenvalue weighted by molar-refractivity contribution is 5.75. The standard InChI is InChI=1S/C21H26N2O4/c24-20(25)19(18-10-5-2-6-11-18)22-12-7-13-23(15-14-22)21(26)27-16-17-8-3-1-4-9-17/h1-6,8-11,19,21,26H,7,12-16H2,(H,24,25). The maximum Gasteiger partial charge on any atom is 0.325 e. The minimum atomic E-state index is -0.995. The Kier molecular flexibility index (Phi) is 6.95. The highest BCUT2D eigenvalue weighted by Crippen LogP contribution is 2.23. The maximum atomic E-state index is 11.9. The van der Waals surface area contributed by atoms with E-state index in [0.29, 0.717) is 32.8 Å². The molecule has 144 valence electrons. The number of ether oxygens (including phenoxy) is 1. The SMILES string of the molecule is O=C(O)C(c1ccccc1)N1CCCN(C(O)OCc2ccccc2)CC1. The van der Waals surface area contributed by atoms with Gasteiger partial charge in [0.25, 0.3) is 0 Å². The van der Waals surface area contributed by atoms with Crippen LogP contribution in [0.4, 0.5) is 0 Å². The number of rotatable bonds is 7. The molecule has 1 aliphatic rings. The third kappa shape index (κ3) is 5.37. The van der Waals surface area contributed by atoms with E-state index in [-0.39, 0.29) is 0 Å². The Morgan fingerprint density at radius 1 is 0.926 bits per heavy atom. The van der Waals surface area contributed by atoms with E-state index in [1.807, 2.05) is 70.5 Å². The number of carboxylic acid groups (broad SMARTS) is 1. The Hall–Kier alpha value is -2.25. The third-order valence-corrected chi connectivity index (χ3v) is 4.83. The van der Waals surface area contributed by atoms with Crippen molar-refractivity contribution in [2.24, 2.45) is 0 Å². The van der Waals surface area contributed by atoms with Crippen molar-refractivity contribution in [3.05, 3.63) is 71.8 Å². The molecule has 0 amide bonds. The number of aliphatic carboxylic acids is 1. The van der Waals surface area contributed by atoms with Gasteiger partial charge in [0.2, 0.25) is 6.41 Å². The molecule has 6 nitrogen and oxygen atoms in total. The van der Waals surface area contributed by atoms with Crippen LogP contribution in [0.1, 0.15) is 23.6 Å². The summed E-state index contributed by atoms with van der Waals surface area (Å²) in [4.78, 5) is 15.7. The summed E-state index contributed by atoms with van der Waals surface area (Å²) >= 11 is 0. The summed E-state index contributed by atoms with van der Waals surface area (Å²) in [5.74, 6) is -0.851. The lowest BCUT2D eigenvalue weighted by Gasteiger charge is -2.29. The molecular weight excluding hydrogens is 344 g/mol. The lowest BCUT2D eigenvalue weighted by molar-refractivity contribution is -0.198.